The topological polar surface area (TPSA) is 72.9 Å². The molecule has 1 aromatic heterocycles. The van der Waals surface area contributed by atoms with Gasteiger partial charge in [0.15, 0.2) is 0 Å². The van der Waals surface area contributed by atoms with Crippen LogP contribution in [0.5, 0.6) is 0 Å². The highest BCUT2D eigenvalue weighted by molar-refractivity contribution is 9.10. The summed E-state index contributed by atoms with van der Waals surface area (Å²) in [5.74, 6) is 0.820. The van der Waals surface area contributed by atoms with Gasteiger partial charge < -0.3 is 15.6 Å². The number of imidazole rings is 1. The lowest BCUT2D eigenvalue weighted by atomic mass is 10.1. The first-order valence-electron chi connectivity index (χ1n) is 6.29. The Labute approximate surface area is 126 Å². The Bertz CT molecular complexity index is 636. The third-order valence-corrected chi connectivity index (χ3v) is 3.67. The standard InChI is InChI=1S/C14H17BrN4O/c1-9-11(7-10(15)8-12(9)16)14(20)18-4-3-13-17-5-6-19(13)2/h5-8H,3-4,16H2,1-2H3,(H,18,20). The molecule has 3 N–H and O–H groups in total. The Morgan fingerprint density at radius 2 is 2.25 bits per heavy atom. The summed E-state index contributed by atoms with van der Waals surface area (Å²) in [4.78, 5) is 16.4. The number of nitrogens with two attached hydrogens (primary N) is 1. The van der Waals surface area contributed by atoms with Crippen LogP contribution in [0.2, 0.25) is 0 Å². The van der Waals surface area contributed by atoms with Gasteiger partial charge in [0, 0.05) is 48.1 Å². The number of anilines is 1. The summed E-state index contributed by atoms with van der Waals surface area (Å²) in [6, 6.07) is 3.57. The summed E-state index contributed by atoms with van der Waals surface area (Å²) in [5, 5.41) is 2.89. The molecule has 0 spiro atoms. The van der Waals surface area contributed by atoms with Gasteiger partial charge in [0.2, 0.25) is 0 Å². The van der Waals surface area contributed by atoms with Crippen LogP contribution >= 0.6 is 15.9 Å². The van der Waals surface area contributed by atoms with Crippen molar-refractivity contribution in [1.82, 2.24) is 14.9 Å². The van der Waals surface area contributed by atoms with Crippen molar-refractivity contribution < 1.29 is 4.79 Å². The number of halogens is 1. The number of benzene rings is 1. The molecule has 1 amide bonds. The van der Waals surface area contributed by atoms with Crippen molar-refractivity contribution in [3.05, 3.63) is 46.0 Å². The minimum atomic E-state index is -0.121. The number of aromatic nitrogens is 2. The maximum atomic E-state index is 12.2. The van der Waals surface area contributed by atoms with Crippen molar-refractivity contribution in [1.29, 1.82) is 0 Å². The first-order chi connectivity index (χ1) is 9.49. The Morgan fingerprint density at radius 3 is 2.90 bits per heavy atom. The highest BCUT2D eigenvalue weighted by Gasteiger charge is 2.12. The number of aryl methyl sites for hydroxylation is 1. The zero-order valence-electron chi connectivity index (χ0n) is 11.5. The van der Waals surface area contributed by atoms with E-state index < -0.39 is 0 Å². The van der Waals surface area contributed by atoms with Gasteiger partial charge in [-0.15, -0.1) is 0 Å². The number of amides is 1. The molecule has 0 aliphatic heterocycles. The fourth-order valence-corrected chi connectivity index (χ4v) is 2.43. The Morgan fingerprint density at radius 1 is 1.50 bits per heavy atom. The monoisotopic (exact) mass is 336 g/mol. The number of nitrogens with zero attached hydrogens (tertiary/aromatic N) is 2. The van der Waals surface area contributed by atoms with E-state index in [4.69, 9.17) is 5.73 Å². The largest absolute Gasteiger partial charge is 0.398 e. The van der Waals surface area contributed by atoms with E-state index >= 15 is 0 Å². The van der Waals surface area contributed by atoms with Crippen LogP contribution in [-0.4, -0.2) is 22.0 Å². The number of hydrogen-bond acceptors (Lipinski definition) is 3. The van der Waals surface area contributed by atoms with Crippen LogP contribution in [0.1, 0.15) is 21.7 Å². The molecule has 6 heteroatoms. The van der Waals surface area contributed by atoms with Gasteiger partial charge in [0.25, 0.3) is 5.91 Å². The maximum absolute atomic E-state index is 12.2. The van der Waals surface area contributed by atoms with E-state index in [-0.39, 0.29) is 5.91 Å². The number of carbonyl (C=O) groups excluding carboxylic acids is 1. The van der Waals surface area contributed by atoms with E-state index in [9.17, 15) is 4.79 Å². The molecule has 0 fully saturated rings. The molecule has 1 heterocycles. The van der Waals surface area contributed by atoms with Crippen molar-refractivity contribution in [3.63, 3.8) is 0 Å². The zero-order chi connectivity index (χ0) is 14.7. The van der Waals surface area contributed by atoms with E-state index in [0.29, 0.717) is 24.2 Å². The summed E-state index contributed by atoms with van der Waals surface area (Å²) in [7, 11) is 1.93. The average molecular weight is 337 g/mol. The molecule has 0 unspecified atom stereocenters. The van der Waals surface area contributed by atoms with E-state index in [1.165, 1.54) is 0 Å². The van der Waals surface area contributed by atoms with Crippen LogP contribution in [0, 0.1) is 6.92 Å². The third kappa shape index (κ3) is 3.19. The second kappa shape index (κ2) is 6.09. The highest BCUT2D eigenvalue weighted by Crippen LogP contribution is 2.22. The number of nitrogen functional groups attached to an aromatic ring is 1. The predicted molar refractivity (Wildman–Crippen MR) is 82.5 cm³/mol. The van der Waals surface area contributed by atoms with E-state index in [1.54, 1.807) is 18.3 Å². The lowest BCUT2D eigenvalue weighted by molar-refractivity contribution is 0.0953. The summed E-state index contributed by atoms with van der Waals surface area (Å²) in [5.41, 5.74) is 7.86. The van der Waals surface area contributed by atoms with Crippen LogP contribution < -0.4 is 11.1 Å². The van der Waals surface area contributed by atoms with Crippen LogP contribution in [-0.2, 0) is 13.5 Å². The lowest BCUT2D eigenvalue weighted by Gasteiger charge is -2.10. The van der Waals surface area contributed by atoms with Crippen molar-refractivity contribution >= 4 is 27.5 Å². The second-order valence-corrected chi connectivity index (χ2v) is 5.54. The summed E-state index contributed by atoms with van der Waals surface area (Å²) >= 11 is 3.35. The molecule has 0 saturated heterocycles. The van der Waals surface area contributed by atoms with Crippen molar-refractivity contribution in [2.45, 2.75) is 13.3 Å². The minimum Gasteiger partial charge on any atom is -0.398 e. The minimum absolute atomic E-state index is 0.121. The van der Waals surface area contributed by atoms with Crippen molar-refractivity contribution in [2.24, 2.45) is 7.05 Å². The fourth-order valence-electron chi connectivity index (χ4n) is 1.96. The number of rotatable bonds is 4. The fraction of sp³-hybridized carbons (Fsp3) is 0.286. The van der Waals surface area contributed by atoms with E-state index in [1.807, 2.05) is 24.7 Å². The Balaban J connectivity index is 2.01. The average Bonchev–Trinajstić information content (AvgIpc) is 2.79. The number of nitrogens with one attached hydrogen (secondary N) is 1. The molecule has 0 radical (unpaired) electrons. The molecular weight excluding hydrogens is 320 g/mol. The molecule has 0 aliphatic carbocycles. The van der Waals surface area contributed by atoms with Gasteiger partial charge in [0.05, 0.1) is 0 Å². The Kier molecular flexibility index (Phi) is 4.44. The maximum Gasteiger partial charge on any atom is 0.251 e. The molecule has 5 nitrogen and oxygen atoms in total. The van der Waals surface area contributed by atoms with E-state index in [2.05, 4.69) is 26.2 Å². The van der Waals surface area contributed by atoms with Gasteiger partial charge in [-0.1, -0.05) is 15.9 Å². The van der Waals surface area contributed by atoms with E-state index in [0.717, 1.165) is 15.9 Å². The number of hydrogen-bond donors (Lipinski definition) is 2. The molecular formula is C14H17BrN4O. The molecule has 0 atom stereocenters. The molecule has 106 valence electrons. The van der Waals surface area contributed by atoms with Gasteiger partial charge in [0.1, 0.15) is 5.82 Å². The molecule has 2 aromatic rings. The quantitative estimate of drug-likeness (QED) is 0.839. The molecule has 0 saturated carbocycles. The lowest BCUT2D eigenvalue weighted by Crippen LogP contribution is -2.27. The first kappa shape index (κ1) is 14.6. The third-order valence-electron chi connectivity index (χ3n) is 3.21. The van der Waals surface area contributed by atoms with Gasteiger partial charge in [-0.05, 0) is 24.6 Å². The second-order valence-electron chi connectivity index (χ2n) is 4.63. The molecule has 20 heavy (non-hydrogen) atoms. The van der Waals surface area contributed by atoms with Crippen LogP contribution in [0.3, 0.4) is 0 Å². The van der Waals surface area contributed by atoms with Crippen molar-refractivity contribution in [2.75, 3.05) is 12.3 Å². The smallest absolute Gasteiger partial charge is 0.251 e. The number of carbonyl (C=O) groups is 1. The summed E-state index contributed by atoms with van der Waals surface area (Å²) < 4.78 is 2.74. The molecule has 2 rings (SSSR count). The highest BCUT2D eigenvalue weighted by atomic mass is 79.9. The predicted octanol–water partition coefficient (Wildman–Crippen LogP) is 2.05. The normalized spacial score (nSPS) is 10.6. The van der Waals surface area contributed by atoms with Crippen LogP contribution in [0.25, 0.3) is 0 Å². The van der Waals surface area contributed by atoms with Crippen LogP contribution in [0.15, 0.2) is 29.0 Å². The Hall–Kier alpha value is -1.82. The van der Waals surface area contributed by atoms with Gasteiger partial charge >= 0.3 is 0 Å². The first-order valence-corrected chi connectivity index (χ1v) is 7.08. The summed E-state index contributed by atoms with van der Waals surface area (Å²) in [6.45, 7) is 2.38. The summed E-state index contributed by atoms with van der Waals surface area (Å²) in [6.07, 6.45) is 4.32. The SMILES string of the molecule is Cc1c(N)cc(Br)cc1C(=O)NCCc1nccn1C. The van der Waals surface area contributed by atoms with Crippen LogP contribution in [0.4, 0.5) is 5.69 Å². The zero-order valence-corrected chi connectivity index (χ0v) is 13.1. The molecule has 1 aromatic carbocycles. The van der Waals surface area contributed by atoms with Gasteiger partial charge in [-0.3, -0.25) is 4.79 Å². The van der Waals surface area contributed by atoms with Gasteiger partial charge in [-0.25, -0.2) is 4.98 Å². The molecule has 0 aliphatic rings. The molecule has 0 bridgehead atoms. The van der Waals surface area contributed by atoms with Gasteiger partial charge in [-0.2, -0.15) is 0 Å². The van der Waals surface area contributed by atoms with Crippen molar-refractivity contribution in [3.8, 4) is 0 Å².